The van der Waals surface area contributed by atoms with Gasteiger partial charge in [0, 0.05) is 48.8 Å². The molecule has 2 N–H and O–H groups in total. The predicted octanol–water partition coefficient (Wildman–Crippen LogP) is 16.9. The fourth-order valence-electron chi connectivity index (χ4n) is 10.5. The Bertz CT molecular complexity index is 4350. The van der Waals surface area contributed by atoms with Gasteiger partial charge >= 0.3 is 21.1 Å². The van der Waals surface area contributed by atoms with Crippen LogP contribution in [0.1, 0.15) is 61.0 Å². The van der Waals surface area contributed by atoms with E-state index >= 15 is 0 Å². The molecule has 0 radical (unpaired) electrons. The molecule has 2 saturated heterocycles. The Labute approximate surface area is 549 Å². The van der Waals surface area contributed by atoms with Crippen LogP contribution in [0.5, 0.6) is 0 Å². The molecule has 0 unspecified atom stereocenters. The van der Waals surface area contributed by atoms with Gasteiger partial charge in [0.2, 0.25) is 0 Å². The molecular formula is C75H69B3Cl2N6O6. The Hall–Kier alpha value is -8.73. The maximum atomic E-state index is 9.13. The highest BCUT2D eigenvalue weighted by molar-refractivity contribution is 7.11. The lowest BCUT2D eigenvalue weighted by Crippen LogP contribution is -2.41. The van der Waals surface area contributed by atoms with Gasteiger partial charge in [-0.05, 0) is 119 Å². The summed E-state index contributed by atoms with van der Waals surface area (Å²) in [5, 5.41) is 23.4. The summed E-state index contributed by atoms with van der Waals surface area (Å²) >= 11 is 12.4. The van der Waals surface area contributed by atoms with E-state index in [1.807, 2.05) is 243 Å². The minimum atomic E-state index is -1.46. The van der Waals surface area contributed by atoms with Crippen LogP contribution in [0.3, 0.4) is 0 Å². The van der Waals surface area contributed by atoms with Crippen molar-refractivity contribution in [1.29, 1.82) is 0 Å². The van der Waals surface area contributed by atoms with Gasteiger partial charge in [-0.1, -0.05) is 247 Å². The highest BCUT2D eigenvalue weighted by Gasteiger charge is 2.63. The Morgan fingerprint density at radius 1 is 0.315 bits per heavy atom. The van der Waals surface area contributed by atoms with E-state index in [2.05, 4.69) is 49.4 Å². The van der Waals surface area contributed by atoms with Gasteiger partial charge in [0.1, 0.15) is 0 Å². The lowest BCUT2D eigenvalue weighted by atomic mass is 9.49. The molecule has 12 aromatic rings. The maximum absolute atomic E-state index is 9.13. The van der Waals surface area contributed by atoms with Crippen LogP contribution in [0.25, 0.3) is 101 Å². The van der Waals surface area contributed by atoms with Crippen molar-refractivity contribution in [2.24, 2.45) is 0 Å². The maximum Gasteiger partial charge on any atom is 0.489 e. The molecule has 0 aliphatic carbocycles. The third-order valence-corrected chi connectivity index (χ3v) is 17.6. The molecule has 92 heavy (non-hydrogen) atoms. The molecule has 0 saturated carbocycles. The van der Waals surface area contributed by atoms with E-state index in [4.69, 9.17) is 81.8 Å². The zero-order valence-electron chi connectivity index (χ0n) is 52.8. The number of aromatic nitrogens is 6. The van der Waals surface area contributed by atoms with Crippen molar-refractivity contribution < 1.29 is 28.7 Å². The smallest absolute Gasteiger partial charge is 0.423 e. The normalized spacial score (nSPS) is 14.9. The fourth-order valence-corrected chi connectivity index (χ4v) is 11.0. The molecule has 10 aromatic carbocycles. The second-order valence-corrected chi connectivity index (χ2v) is 25.3. The molecule has 2 aromatic heterocycles. The Morgan fingerprint density at radius 3 is 0.989 bits per heavy atom. The van der Waals surface area contributed by atoms with Crippen LogP contribution in [0, 0.1) is 6.92 Å². The zero-order valence-corrected chi connectivity index (χ0v) is 54.3. The minimum Gasteiger partial charge on any atom is -0.423 e. The fraction of sp³-hybridized carbons (Fsp3) is 0.173. The van der Waals surface area contributed by atoms with Crippen molar-refractivity contribution in [2.75, 3.05) is 0 Å². The molecule has 0 bridgehead atoms. The molecule has 12 nitrogen and oxygen atoms in total. The first-order chi connectivity index (χ1) is 44.1. The summed E-state index contributed by atoms with van der Waals surface area (Å²) in [7, 11) is -2.41. The van der Waals surface area contributed by atoms with E-state index in [0.29, 0.717) is 45.4 Å². The van der Waals surface area contributed by atoms with Gasteiger partial charge in [0.15, 0.2) is 34.9 Å². The average molecular weight is 1250 g/mol. The molecule has 2 fully saturated rings. The molecule has 0 amide bonds. The van der Waals surface area contributed by atoms with E-state index in [9.17, 15) is 0 Å². The Morgan fingerprint density at radius 2 is 0.609 bits per heavy atom. The van der Waals surface area contributed by atoms with Gasteiger partial charge in [-0.25, -0.2) is 29.9 Å². The molecular weight excluding hydrogens is 1180 g/mol. The summed E-state index contributed by atoms with van der Waals surface area (Å²) in [4.78, 5) is 28.7. The third kappa shape index (κ3) is 14.6. The van der Waals surface area contributed by atoms with Crippen LogP contribution in [0.2, 0.25) is 10.0 Å². The second-order valence-electron chi connectivity index (χ2n) is 24.5. The van der Waals surface area contributed by atoms with Crippen molar-refractivity contribution in [2.45, 2.75) is 84.7 Å². The van der Waals surface area contributed by atoms with Crippen LogP contribution in [-0.4, -0.2) is 83.5 Å². The van der Waals surface area contributed by atoms with Crippen molar-refractivity contribution in [3.05, 3.63) is 258 Å². The van der Waals surface area contributed by atoms with E-state index in [-0.39, 0.29) is 22.4 Å². The number of benzene rings is 10. The van der Waals surface area contributed by atoms with E-state index in [1.54, 1.807) is 12.1 Å². The van der Waals surface area contributed by atoms with Crippen molar-refractivity contribution >= 4 is 71.3 Å². The number of fused-ring (bicyclic) bond motifs is 2. The molecule has 2 aliphatic heterocycles. The summed E-state index contributed by atoms with van der Waals surface area (Å²) < 4.78 is 23.8. The Balaban J connectivity index is 0.000000133. The van der Waals surface area contributed by atoms with E-state index in [0.717, 1.165) is 71.1 Å². The van der Waals surface area contributed by atoms with Gasteiger partial charge in [-0.15, -0.1) is 0 Å². The number of hydrogen-bond acceptors (Lipinski definition) is 12. The molecule has 17 heteroatoms. The van der Waals surface area contributed by atoms with Crippen LogP contribution < -0.4 is 5.46 Å². The quantitative estimate of drug-likeness (QED) is 0.132. The summed E-state index contributed by atoms with van der Waals surface area (Å²) in [6.07, 6.45) is 0. The topological polar surface area (TPSA) is 155 Å². The highest BCUT2D eigenvalue weighted by atomic mass is 35.5. The second kappa shape index (κ2) is 27.6. The lowest BCUT2D eigenvalue weighted by molar-refractivity contribution is 0.00578. The molecule has 0 spiro atoms. The average Bonchev–Trinajstić information content (AvgIpc) is 1.57. The minimum absolute atomic E-state index is 0.360. The van der Waals surface area contributed by atoms with Gasteiger partial charge in [-0.2, -0.15) is 0 Å². The van der Waals surface area contributed by atoms with Crippen LogP contribution >= 0.6 is 23.2 Å². The number of rotatable bonds is 9. The molecule has 4 heterocycles. The summed E-state index contributed by atoms with van der Waals surface area (Å²) in [6.45, 7) is 18.3. The third-order valence-electron chi connectivity index (χ3n) is 16.9. The number of halogens is 2. The SMILES string of the molecule is CC1(C)OB(B2OC(C)(C)C(C)(C)O2)OC1(C)C.Cc1cccc(-c2nc(-c3ccccc3)nc(-c3ccccc3)n2)c1.Clc1ccc(-c2cccc(-c3nc(-c4ccccc4)nc(-c4ccccc4)n3)c2)c2ccccc12.OB(O)c1ccc(Cl)c2ccccc12. The van der Waals surface area contributed by atoms with Crippen molar-refractivity contribution in [3.8, 4) is 79.5 Å². The molecule has 14 rings (SSSR count). The van der Waals surface area contributed by atoms with Crippen LogP contribution in [0.15, 0.2) is 243 Å². The lowest BCUT2D eigenvalue weighted by Gasteiger charge is -2.32. The van der Waals surface area contributed by atoms with Crippen molar-refractivity contribution in [1.82, 2.24) is 29.9 Å². The first-order valence-electron chi connectivity index (χ1n) is 30.5. The van der Waals surface area contributed by atoms with Crippen LogP contribution in [0.4, 0.5) is 0 Å². The van der Waals surface area contributed by atoms with E-state index < -0.39 is 21.1 Å². The summed E-state index contributed by atoms with van der Waals surface area (Å²) in [5.41, 5.74) is 8.21. The van der Waals surface area contributed by atoms with Gasteiger partial charge in [-0.3, -0.25) is 0 Å². The summed E-state index contributed by atoms with van der Waals surface area (Å²) in [6, 6.07) is 79.5. The monoisotopic (exact) mass is 1250 g/mol. The highest BCUT2D eigenvalue weighted by Crippen LogP contribution is 2.43. The zero-order chi connectivity index (χ0) is 64.8. The van der Waals surface area contributed by atoms with Gasteiger partial charge in [0.05, 0.1) is 22.4 Å². The van der Waals surface area contributed by atoms with E-state index in [1.165, 1.54) is 5.56 Å². The van der Waals surface area contributed by atoms with Gasteiger partial charge in [0.25, 0.3) is 0 Å². The Kier molecular flexibility index (Phi) is 19.5. The summed E-state index contributed by atoms with van der Waals surface area (Å²) in [5.74, 6) is 4.00. The molecule has 0 atom stereocenters. The predicted molar refractivity (Wildman–Crippen MR) is 376 cm³/mol. The van der Waals surface area contributed by atoms with Crippen molar-refractivity contribution in [3.63, 3.8) is 0 Å². The first kappa shape index (κ1) is 64.8. The molecule has 2 aliphatic rings. The van der Waals surface area contributed by atoms with Gasteiger partial charge < -0.3 is 28.7 Å². The number of nitrogens with zero attached hydrogens (tertiary/aromatic N) is 6. The first-order valence-corrected chi connectivity index (χ1v) is 31.2. The molecule has 458 valence electrons. The van der Waals surface area contributed by atoms with Crippen LogP contribution in [-0.2, 0) is 18.6 Å². The largest absolute Gasteiger partial charge is 0.489 e. The standard InChI is InChI=1S/C31H20ClN3.C22H17N3.C12H24B2O4.C10H8BClO2/c32-28-19-18-25(26-16-7-8-17-27(26)28)23-14-9-15-24(20-23)31-34-29(21-10-3-1-4-11-21)33-30(35-31)22-12-5-2-6-13-22;1-16-9-8-14-19(15-16)22-24-20(17-10-4-2-5-11-17)23-21(25-22)18-12-6-3-7-13-18;1-9(2)10(3,4)16-13(15-9)14-17-11(5,6)12(7,8)18-14;12-10-6-5-9(11(13)14)7-3-1-2-4-8(7)10/h1-20H;2-15H,1H3;1-8H3;1-6,13-14H. The number of aryl methyl sites for hydroxylation is 1. The number of hydrogen-bond donors (Lipinski definition) is 2.